The summed E-state index contributed by atoms with van der Waals surface area (Å²) >= 11 is 1.40. The summed E-state index contributed by atoms with van der Waals surface area (Å²) in [6.45, 7) is 7.28. The van der Waals surface area contributed by atoms with Crippen molar-refractivity contribution in [3.05, 3.63) is 98.9 Å². The number of carbonyl (C=O) groups is 1. The monoisotopic (exact) mass is 431 g/mol. The molecule has 0 aliphatic carbocycles. The van der Waals surface area contributed by atoms with Crippen LogP contribution in [0.15, 0.2) is 66.2 Å². The van der Waals surface area contributed by atoms with Gasteiger partial charge in [-0.1, -0.05) is 42.0 Å². The fourth-order valence-corrected chi connectivity index (χ4v) is 4.14. The first-order chi connectivity index (χ1) is 15.0. The highest BCUT2D eigenvalue weighted by atomic mass is 32.1. The molecule has 5 nitrogen and oxygen atoms in total. The Hall–Kier alpha value is -3.38. The normalized spacial score (nSPS) is 10.8. The number of hydrogen-bond acceptors (Lipinski definition) is 4. The molecule has 0 spiro atoms. The van der Waals surface area contributed by atoms with E-state index in [1.165, 1.54) is 28.0 Å². The van der Waals surface area contributed by atoms with Crippen molar-refractivity contribution in [1.29, 1.82) is 0 Å². The van der Waals surface area contributed by atoms with E-state index < -0.39 is 0 Å². The van der Waals surface area contributed by atoms with Gasteiger partial charge in [-0.3, -0.25) is 9.48 Å². The summed E-state index contributed by atoms with van der Waals surface area (Å²) in [7, 11) is 0. The van der Waals surface area contributed by atoms with Crippen molar-refractivity contribution in [1.82, 2.24) is 9.78 Å². The molecule has 0 aliphatic rings. The second-order valence-electron chi connectivity index (χ2n) is 7.66. The molecule has 4 rings (SSSR count). The standard InChI is InChI=1S/C25H25N3O2S/c1-17-8-9-22(19(3)12-17)30-15-20-13-23(31-16-20)25(29)26-24-10-11-28(27-24)14-21-7-5-4-6-18(21)2/h4-13,16H,14-15H2,1-3H3,(H,26,27,29). The lowest BCUT2D eigenvalue weighted by Gasteiger charge is -2.08. The predicted molar refractivity (Wildman–Crippen MR) is 125 cm³/mol. The van der Waals surface area contributed by atoms with E-state index >= 15 is 0 Å². The highest BCUT2D eigenvalue weighted by Gasteiger charge is 2.12. The Morgan fingerprint density at radius 2 is 1.90 bits per heavy atom. The lowest BCUT2D eigenvalue weighted by Crippen LogP contribution is -2.11. The van der Waals surface area contributed by atoms with Gasteiger partial charge in [0.15, 0.2) is 5.82 Å². The third-order valence-electron chi connectivity index (χ3n) is 5.08. The summed E-state index contributed by atoms with van der Waals surface area (Å²) in [6, 6.07) is 18.0. The van der Waals surface area contributed by atoms with Crippen molar-refractivity contribution in [3.8, 4) is 5.75 Å². The largest absolute Gasteiger partial charge is 0.489 e. The average molecular weight is 432 g/mol. The van der Waals surface area contributed by atoms with E-state index in [9.17, 15) is 4.79 Å². The van der Waals surface area contributed by atoms with Gasteiger partial charge in [-0.05, 0) is 55.0 Å². The molecule has 1 amide bonds. The topological polar surface area (TPSA) is 56.1 Å². The van der Waals surface area contributed by atoms with Crippen LogP contribution in [0.3, 0.4) is 0 Å². The number of aryl methyl sites for hydroxylation is 3. The number of benzene rings is 2. The van der Waals surface area contributed by atoms with Crippen LogP contribution in [0.4, 0.5) is 5.82 Å². The molecular weight excluding hydrogens is 406 g/mol. The van der Waals surface area contributed by atoms with Crippen LogP contribution in [0.5, 0.6) is 5.75 Å². The Morgan fingerprint density at radius 1 is 1.06 bits per heavy atom. The zero-order valence-corrected chi connectivity index (χ0v) is 18.7. The number of nitrogens with one attached hydrogen (secondary N) is 1. The number of aromatic nitrogens is 2. The van der Waals surface area contributed by atoms with Gasteiger partial charge in [-0.15, -0.1) is 11.3 Å². The van der Waals surface area contributed by atoms with Gasteiger partial charge in [0.05, 0.1) is 11.4 Å². The zero-order chi connectivity index (χ0) is 21.8. The molecule has 4 aromatic rings. The van der Waals surface area contributed by atoms with Crippen LogP contribution < -0.4 is 10.1 Å². The minimum atomic E-state index is -0.163. The van der Waals surface area contributed by atoms with Crippen molar-refractivity contribution in [2.75, 3.05) is 5.32 Å². The molecule has 2 aromatic heterocycles. The van der Waals surface area contributed by atoms with Crippen LogP contribution in [-0.2, 0) is 13.2 Å². The van der Waals surface area contributed by atoms with Crippen LogP contribution in [-0.4, -0.2) is 15.7 Å². The van der Waals surface area contributed by atoms with Crippen LogP contribution in [0, 0.1) is 20.8 Å². The maximum Gasteiger partial charge on any atom is 0.266 e. The van der Waals surface area contributed by atoms with Gasteiger partial charge >= 0.3 is 0 Å². The molecule has 0 unspecified atom stereocenters. The minimum absolute atomic E-state index is 0.163. The van der Waals surface area contributed by atoms with Crippen LogP contribution in [0.2, 0.25) is 0 Å². The molecule has 2 heterocycles. The molecule has 0 bridgehead atoms. The zero-order valence-electron chi connectivity index (χ0n) is 17.9. The first kappa shape index (κ1) is 20.9. The Bertz CT molecular complexity index is 1210. The van der Waals surface area contributed by atoms with Crippen LogP contribution >= 0.6 is 11.3 Å². The third kappa shape index (κ3) is 5.22. The number of thiophene rings is 1. The lowest BCUT2D eigenvalue weighted by molar-refractivity contribution is 0.103. The van der Waals surface area contributed by atoms with Gasteiger partial charge in [0.2, 0.25) is 0 Å². The van der Waals surface area contributed by atoms with E-state index in [-0.39, 0.29) is 5.91 Å². The predicted octanol–water partition coefficient (Wildman–Crippen LogP) is 5.75. The van der Waals surface area contributed by atoms with E-state index in [0.717, 1.165) is 16.9 Å². The molecule has 1 N–H and O–H groups in total. The number of hydrogen-bond donors (Lipinski definition) is 1. The highest BCUT2D eigenvalue weighted by Crippen LogP contribution is 2.22. The van der Waals surface area contributed by atoms with Crippen molar-refractivity contribution in [2.45, 2.75) is 33.9 Å². The molecule has 6 heteroatoms. The van der Waals surface area contributed by atoms with E-state index in [1.54, 1.807) is 0 Å². The van der Waals surface area contributed by atoms with Gasteiger partial charge in [-0.2, -0.15) is 5.10 Å². The van der Waals surface area contributed by atoms with Crippen molar-refractivity contribution in [2.24, 2.45) is 0 Å². The molecule has 2 aromatic carbocycles. The van der Waals surface area contributed by atoms with Crippen molar-refractivity contribution >= 4 is 23.1 Å². The van der Waals surface area contributed by atoms with Gasteiger partial charge in [-0.25, -0.2) is 0 Å². The fourth-order valence-electron chi connectivity index (χ4n) is 3.35. The Balaban J connectivity index is 1.35. The van der Waals surface area contributed by atoms with E-state index in [0.29, 0.717) is 23.8 Å². The molecule has 0 saturated carbocycles. The summed E-state index contributed by atoms with van der Waals surface area (Å²) in [6.07, 6.45) is 1.87. The molecule has 0 fully saturated rings. The molecule has 158 valence electrons. The summed E-state index contributed by atoms with van der Waals surface area (Å²) in [5, 5.41) is 9.31. The summed E-state index contributed by atoms with van der Waals surface area (Å²) in [4.78, 5) is 13.3. The molecule has 0 saturated heterocycles. The Kier molecular flexibility index (Phi) is 6.18. The number of ether oxygens (including phenoxy) is 1. The van der Waals surface area contributed by atoms with E-state index in [4.69, 9.17) is 4.74 Å². The quantitative estimate of drug-likeness (QED) is 0.405. The third-order valence-corrected chi connectivity index (χ3v) is 6.06. The molecular formula is C25H25N3O2S. The first-order valence-corrected chi connectivity index (χ1v) is 11.0. The van der Waals surface area contributed by atoms with Crippen LogP contribution in [0.25, 0.3) is 0 Å². The number of carbonyl (C=O) groups excluding carboxylic acids is 1. The van der Waals surface area contributed by atoms with Crippen LogP contribution in [0.1, 0.15) is 37.5 Å². The maximum absolute atomic E-state index is 12.6. The number of rotatable bonds is 7. The molecule has 0 atom stereocenters. The van der Waals surface area contributed by atoms with Gasteiger partial charge < -0.3 is 10.1 Å². The fraction of sp³-hybridized carbons (Fsp3) is 0.200. The SMILES string of the molecule is Cc1ccc(OCc2csc(C(=O)Nc3ccn(Cc4ccccc4C)n3)c2)c(C)c1. The molecule has 0 radical (unpaired) electrons. The van der Waals surface area contributed by atoms with E-state index in [1.807, 2.05) is 59.6 Å². The van der Waals surface area contributed by atoms with E-state index in [2.05, 4.69) is 42.5 Å². The van der Waals surface area contributed by atoms with Crippen molar-refractivity contribution < 1.29 is 9.53 Å². The number of anilines is 1. The van der Waals surface area contributed by atoms with Crippen molar-refractivity contribution in [3.63, 3.8) is 0 Å². The summed E-state index contributed by atoms with van der Waals surface area (Å²) in [5.74, 6) is 1.24. The Morgan fingerprint density at radius 3 is 2.71 bits per heavy atom. The molecule has 0 aliphatic heterocycles. The highest BCUT2D eigenvalue weighted by molar-refractivity contribution is 7.12. The maximum atomic E-state index is 12.6. The number of nitrogens with zero attached hydrogens (tertiary/aromatic N) is 2. The average Bonchev–Trinajstić information content (AvgIpc) is 3.39. The minimum Gasteiger partial charge on any atom is -0.489 e. The van der Waals surface area contributed by atoms with Gasteiger partial charge in [0.25, 0.3) is 5.91 Å². The summed E-state index contributed by atoms with van der Waals surface area (Å²) in [5.41, 5.74) is 5.71. The van der Waals surface area contributed by atoms with Gasteiger partial charge in [0, 0.05) is 17.8 Å². The lowest BCUT2D eigenvalue weighted by atomic mass is 10.1. The summed E-state index contributed by atoms with van der Waals surface area (Å²) < 4.78 is 7.75. The second-order valence-corrected chi connectivity index (χ2v) is 8.57. The van der Waals surface area contributed by atoms with Gasteiger partial charge in [0.1, 0.15) is 12.4 Å². The smallest absolute Gasteiger partial charge is 0.266 e. The Labute approximate surface area is 186 Å². The first-order valence-electron chi connectivity index (χ1n) is 10.1. The second kappa shape index (κ2) is 9.18. The molecule has 31 heavy (non-hydrogen) atoms. The number of amides is 1.